The van der Waals surface area contributed by atoms with Crippen molar-refractivity contribution >= 4 is 5.91 Å². The Hall–Kier alpha value is -0.610. The maximum absolute atomic E-state index is 12.1. The van der Waals surface area contributed by atoms with E-state index in [4.69, 9.17) is 4.74 Å². The zero-order valence-corrected chi connectivity index (χ0v) is 9.94. The Kier molecular flexibility index (Phi) is 2.14. The Morgan fingerprint density at radius 3 is 2.33 bits per heavy atom. The first kappa shape index (κ1) is 10.9. The van der Waals surface area contributed by atoms with Crippen LogP contribution in [0, 0.1) is 0 Å². The summed E-state index contributed by atoms with van der Waals surface area (Å²) < 4.78 is 5.98. The average Bonchev–Trinajstić information content (AvgIpc) is 2.23. The van der Waals surface area contributed by atoms with E-state index in [-0.39, 0.29) is 11.5 Å². The van der Waals surface area contributed by atoms with Gasteiger partial charge in [0, 0.05) is 19.5 Å². The SMILES string of the molecule is CC1(C)CC2(NCCNC2=O)C(C)(C)O1. The number of ether oxygens (including phenoxy) is 1. The molecule has 1 amide bonds. The van der Waals surface area contributed by atoms with Crippen molar-refractivity contribution in [2.75, 3.05) is 13.1 Å². The van der Waals surface area contributed by atoms with Crippen LogP contribution < -0.4 is 10.6 Å². The fourth-order valence-electron chi connectivity index (χ4n) is 2.98. The van der Waals surface area contributed by atoms with Gasteiger partial charge in [0.05, 0.1) is 11.2 Å². The van der Waals surface area contributed by atoms with Gasteiger partial charge in [-0.15, -0.1) is 0 Å². The highest BCUT2D eigenvalue weighted by atomic mass is 16.5. The second-order valence-corrected chi connectivity index (χ2v) is 5.64. The molecule has 2 fully saturated rings. The fourth-order valence-corrected chi connectivity index (χ4v) is 2.98. The Labute approximate surface area is 90.8 Å². The minimum Gasteiger partial charge on any atom is -0.367 e. The zero-order chi connectivity index (χ0) is 11.3. The second kappa shape index (κ2) is 2.95. The number of carbonyl (C=O) groups is 1. The molecule has 4 nitrogen and oxygen atoms in total. The van der Waals surface area contributed by atoms with Crippen LogP contribution in [-0.4, -0.2) is 35.7 Å². The van der Waals surface area contributed by atoms with Gasteiger partial charge in [-0.05, 0) is 27.7 Å². The lowest BCUT2D eigenvalue weighted by Crippen LogP contribution is -2.70. The summed E-state index contributed by atoms with van der Waals surface area (Å²) in [6.07, 6.45) is 0.721. The molecule has 2 rings (SSSR count). The van der Waals surface area contributed by atoms with Crippen LogP contribution >= 0.6 is 0 Å². The van der Waals surface area contributed by atoms with Crippen molar-refractivity contribution < 1.29 is 9.53 Å². The largest absolute Gasteiger partial charge is 0.367 e. The van der Waals surface area contributed by atoms with Gasteiger partial charge in [0.25, 0.3) is 0 Å². The van der Waals surface area contributed by atoms with Gasteiger partial charge in [0.1, 0.15) is 5.54 Å². The van der Waals surface area contributed by atoms with Crippen molar-refractivity contribution in [3.63, 3.8) is 0 Å². The van der Waals surface area contributed by atoms with Crippen molar-refractivity contribution in [3.8, 4) is 0 Å². The van der Waals surface area contributed by atoms with Gasteiger partial charge < -0.3 is 10.1 Å². The minimum absolute atomic E-state index is 0.0734. The van der Waals surface area contributed by atoms with Crippen molar-refractivity contribution in [1.82, 2.24) is 10.6 Å². The van der Waals surface area contributed by atoms with E-state index >= 15 is 0 Å². The van der Waals surface area contributed by atoms with Crippen molar-refractivity contribution in [2.24, 2.45) is 0 Å². The summed E-state index contributed by atoms with van der Waals surface area (Å²) in [7, 11) is 0. The molecule has 0 aromatic rings. The number of amides is 1. The third-order valence-electron chi connectivity index (χ3n) is 3.48. The maximum Gasteiger partial charge on any atom is 0.243 e. The van der Waals surface area contributed by atoms with E-state index in [1.807, 2.05) is 27.7 Å². The zero-order valence-electron chi connectivity index (χ0n) is 9.94. The van der Waals surface area contributed by atoms with Gasteiger partial charge >= 0.3 is 0 Å². The van der Waals surface area contributed by atoms with Crippen LogP contribution in [0.4, 0.5) is 0 Å². The number of hydrogen-bond donors (Lipinski definition) is 2. The lowest BCUT2D eigenvalue weighted by Gasteiger charge is -2.41. The van der Waals surface area contributed by atoms with Crippen LogP contribution in [0.25, 0.3) is 0 Å². The number of rotatable bonds is 0. The molecule has 1 atom stereocenters. The predicted molar refractivity (Wildman–Crippen MR) is 57.6 cm³/mol. The molecule has 2 N–H and O–H groups in total. The van der Waals surface area contributed by atoms with Crippen LogP contribution in [0.1, 0.15) is 34.1 Å². The summed E-state index contributed by atoms with van der Waals surface area (Å²) in [6.45, 7) is 9.56. The van der Waals surface area contributed by atoms with Crippen molar-refractivity contribution in [2.45, 2.75) is 50.9 Å². The first-order chi connectivity index (χ1) is 6.79. The van der Waals surface area contributed by atoms with E-state index in [1.54, 1.807) is 0 Å². The van der Waals surface area contributed by atoms with Gasteiger partial charge in [0.2, 0.25) is 5.91 Å². The molecule has 1 spiro atoms. The molecule has 2 aliphatic rings. The van der Waals surface area contributed by atoms with E-state index in [0.29, 0.717) is 6.54 Å². The summed E-state index contributed by atoms with van der Waals surface area (Å²) in [5.41, 5.74) is -1.26. The molecule has 1 unspecified atom stereocenters. The van der Waals surface area contributed by atoms with E-state index in [1.165, 1.54) is 0 Å². The molecule has 86 valence electrons. The lowest BCUT2D eigenvalue weighted by molar-refractivity contribution is -0.138. The Morgan fingerprint density at radius 1 is 1.20 bits per heavy atom. The average molecular weight is 212 g/mol. The molecule has 0 saturated carbocycles. The quantitative estimate of drug-likeness (QED) is 0.612. The van der Waals surface area contributed by atoms with Gasteiger partial charge in [-0.1, -0.05) is 0 Å². The summed E-state index contributed by atoms with van der Waals surface area (Å²) in [6, 6.07) is 0. The number of carbonyl (C=O) groups excluding carboxylic acids is 1. The summed E-state index contributed by atoms with van der Waals surface area (Å²) >= 11 is 0. The normalized spacial score (nSPS) is 38.0. The number of hydrogen-bond acceptors (Lipinski definition) is 3. The first-order valence-corrected chi connectivity index (χ1v) is 5.53. The Balaban J connectivity index is 2.37. The molecule has 0 aromatic carbocycles. The molecular weight excluding hydrogens is 192 g/mol. The molecule has 15 heavy (non-hydrogen) atoms. The molecule has 2 heterocycles. The Bertz CT molecular complexity index is 299. The smallest absolute Gasteiger partial charge is 0.243 e. The van der Waals surface area contributed by atoms with Gasteiger partial charge in [0.15, 0.2) is 0 Å². The molecule has 0 radical (unpaired) electrons. The van der Waals surface area contributed by atoms with E-state index in [2.05, 4.69) is 10.6 Å². The fraction of sp³-hybridized carbons (Fsp3) is 0.909. The third kappa shape index (κ3) is 1.47. The van der Waals surface area contributed by atoms with E-state index < -0.39 is 11.1 Å². The minimum atomic E-state index is -0.561. The number of nitrogens with one attached hydrogen (secondary N) is 2. The lowest BCUT2D eigenvalue weighted by atomic mass is 9.77. The van der Waals surface area contributed by atoms with Crippen LogP contribution in [0.2, 0.25) is 0 Å². The summed E-state index contributed by atoms with van der Waals surface area (Å²) in [5, 5.41) is 6.28. The highest BCUT2D eigenvalue weighted by molar-refractivity contribution is 5.89. The van der Waals surface area contributed by atoms with Gasteiger partial charge in [-0.25, -0.2) is 0 Å². The molecule has 2 saturated heterocycles. The van der Waals surface area contributed by atoms with Crippen LogP contribution in [0.3, 0.4) is 0 Å². The molecule has 4 heteroatoms. The first-order valence-electron chi connectivity index (χ1n) is 5.53. The molecule has 0 aliphatic carbocycles. The summed E-state index contributed by atoms with van der Waals surface area (Å²) in [4.78, 5) is 12.1. The van der Waals surface area contributed by atoms with Crippen LogP contribution in [0.15, 0.2) is 0 Å². The maximum atomic E-state index is 12.1. The molecule has 0 bridgehead atoms. The van der Waals surface area contributed by atoms with E-state index in [9.17, 15) is 4.79 Å². The monoisotopic (exact) mass is 212 g/mol. The topological polar surface area (TPSA) is 50.4 Å². The predicted octanol–water partition coefficient (Wildman–Crippen LogP) is 0.422. The van der Waals surface area contributed by atoms with E-state index in [0.717, 1.165) is 13.0 Å². The standard InChI is InChI=1S/C11H20N2O2/c1-9(2)7-11(10(3,4)15-9)8(14)12-5-6-13-11/h13H,5-7H2,1-4H3,(H,12,14). The van der Waals surface area contributed by atoms with Crippen molar-refractivity contribution in [1.29, 1.82) is 0 Å². The van der Waals surface area contributed by atoms with Gasteiger partial charge in [-0.2, -0.15) is 0 Å². The van der Waals surface area contributed by atoms with Gasteiger partial charge in [-0.3, -0.25) is 10.1 Å². The molecule has 2 aliphatic heterocycles. The number of piperazine rings is 1. The Morgan fingerprint density at radius 2 is 1.87 bits per heavy atom. The molecule has 0 aromatic heterocycles. The van der Waals surface area contributed by atoms with Crippen LogP contribution in [-0.2, 0) is 9.53 Å². The molecular formula is C11H20N2O2. The third-order valence-corrected chi connectivity index (χ3v) is 3.48. The second-order valence-electron chi connectivity index (χ2n) is 5.64. The van der Waals surface area contributed by atoms with Crippen LogP contribution in [0.5, 0.6) is 0 Å². The summed E-state index contributed by atoms with van der Waals surface area (Å²) in [5.74, 6) is 0.0734. The van der Waals surface area contributed by atoms with Crippen molar-refractivity contribution in [3.05, 3.63) is 0 Å². The highest BCUT2D eigenvalue weighted by Gasteiger charge is 2.62. The highest BCUT2D eigenvalue weighted by Crippen LogP contribution is 2.45.